The average Bonchev–Trinajstić information content (AvgIpc) is 2.95. The summed E-state index contributed by atoms with van der Waals surface area (Å²) in [7, 11) is 1.92. The number of nitro benzene ring substituents is 1. The van der Waals surface area contributed by atoms with Crippen LogP contribution >= 0.6 is 36.6 Å². The molecular weight excluding hydrogens is 496 g/mol. The van der Waals surface area contributed by atoms with Crippen molar-refractivity contribution in [1.82, 2.24) is 0 Å². The zero-order chi connectivity index (χ0) is 22.5. The molecule has 0 aliphatic carbocycles. The molecular formula is C25H24Cl2FN3O2S. The molecule has 1 heterocycles. The number of aliphatic imine (C=N–C) groups is 1. The zero-order valence-corrected chi connectivity index (χ0v) is 20.8. The number of anilines is 1. The van der Waals surface area contributed by atoms with E-state index in [1.165, 1.54) is 23.8 Å². The van der Waals surface area contributed by atoms with E-state index in [0.717, 1.165) is 33.2 Å². The van der Waals surface area contributed by atoms with Gasteiger partial charge in [-0.25, -0.2) is 4.39 Å². The summed E-state index contributed by atoms with van der Waals surface area (Å²) in [5, 5.41) is 11.3. The van der Waals surface area contributed by atoms with Crippen molar-refractivity contribution < 1.29 is 9.31 Å². The Morgan fingerprint density at radius 1 is 1.09 bits per heavy atom. The molecule has 9 heteroatoms. The van der Waals surface area contributed by atoms with E-state index in [0.29, 0.717) is 13.1 Å². The number of benzene rings is 3. The van der Waals surface area contributed by atoms with E-state index in [9.17, 15) is 14.5 Å². The van der Waals surface area contributed by atoms with Crippen LogP contribution in [0.4, 0.5) is 15.8 Å². The molecule has 0 N–H and O–H groups in total. The van der Waals surface area contributed by atoms with Crippen LogP contribution in [0.1, 0.15) is 16.7 Å². The number of hydrogen-bond donors (Lipinski definition) is 0. The Kier molecular flexibility index (Phi) is 10.1. The van der Waals surface area contributed by atoms with Crippen molar-refractivity contribution in [3.05, 3.63) is 105 Å². The summed E-state index contributed by atoms with van der Waals surface area (Å²) in [6.07, 6.45) is 3.72. The first-order valence-electron chi connectivity index (χ1n) is 10.2. The van der Waals surface area contributed by atoms with Gasteiger partial charge in [0.15, 0.2) is 0 Å². The van der Waals surface area contributed by atoms with Crippen LogP contribution in [0.2, 0.25) is 0 Å². The molecule has 0 aromatic heterocycles. The van der Waals surface area contributed by atoms with Gasteiger partial charge in [0.1, 0.15) is 5.82 Å². The van der Waals surface area contributed by atoms with Gasteiger partial charge in [-0.15, -0.1) is 36.6 Å². The molecule has 178 valence electrons. The van der Waals surface area contributed by atoms with Gasteiger partial charge in [-0.3, -0.25) is 15.1 Å². The maximum atomic E-state index is 13.8. The number of likely N-dealkylation sites (N-methyl/N-ethyl adjacent to an activating group) is 1. The highest BCUT2D eigenvalue weighted by Crippen LogP contribution is 2.31. The van der Waals surface area contributed by atoms with Crippen molar-refractivity contribution in [2.45, 2.75) is 10.6 Å². The van der Waals surface area contributed by atoms with Crippen LogP contribution in [0.3, 0.4) is 0 Å². The van der Waals surface area contributed by atoms with Crippen molar-refractivity contribution in [2.75, 3.05) is 25.0 Å². The first-order chi connectivity index (χ1) is 15.5. The lowest BCUT2D eigenvalue weighted by molar-refractivity contribution is -0.384. The number of thioether (sulfide) groups is 1. The molecule has 0 amide bonds. The Morgan fingerprint density at radius 3 is 2.59 bits per heavy atom. The molecule has 1 aliphatic rings. The molecule has 3 aromatic carbocycles. The van der Waals surface area contributed by atoms with E-state index in [2.05, 4.69) is 17.1 Å². The van der Waals surface area contributed by atoms with Crippen LogP contribution in [0.25, 0.3) is 6.08 Å². The van der Waals surface area contributed by atoms with E-state index in [1.807, 2.05) is 42.3 Å². The molecule has 3 aromatic rings. The van der Waals surface area contributed by atoms with Crippen LogP contribution in [0.15, 0.2) is 82.7 Å². The van der Waals surface area contributed by atoms with Gasteiger partial charge in [-0.1, -0.05) is 36.4 Å². The first-order valence-corrected chi connectivity index (χ1v) is 11.2. The molecule has 0 unspecified atom stereocenters. The van der Waals surface area contributed by atoms with Gasteiger partial charge in [0.2, 0.25) is 0 Å². The number of allylic oxidation sites excluding steroid dienone is 1. The molecule has 0 radical (unpaired) electrons. The second-order valence-electron chi connectivity index (χ2n) is 7.44. The molecule has 1 aliphatic heterocycles. The molecule has 0 bridgehead atoms. The fourth-order valence-electron chi connectivity index (χ4n) is 3.52. The van der Waals surface area contributed by atoms with Crippen LogP contribution in [-0.4, -0.2) is 30.8 Å². The van der Waals surface area contributed by atoms with Crippen molar-refractivity contribution in [3.63, 3.8) is 0 Å². The van der Waals surface area contributed by atoms with E-state index >= 15 is 0 Å². The van der Waals surface area contributed by atoms with E-state index in [4.69, 9.17) is 0 Å². The molecule has 0 saturated heterocycles. The van der Waals surface area contributed by atoms with Crippen molar-refractivity contribution in [2.24, 2.45) is 4.99 Å². The Morgan fingerprint density at radius 2 is 1.85 bits per heavy atom. The summed E-state index contributed by atoms with van der Waals surface area (Å²) in [6.45, 7) is 1.26. The van der Waals surface area contributed by atoms with Crippen LogP contribution in [0, 0.1) is 15.9 Å². The third-order valence-corrected chi connectivity index (χ3v) is 6.39. The predicted octanol–water partition coefficient (Wildman–Crippen LogP) is 6.82. The van der Waals surface area contributed by atoms with Crippen LogP contribution in [0.5, 0.6) is 0 Å². The summed E-state index contributed by atoms with van der Waals surface area (Å²) in [5.41, 5.74) is 4.32. The highest BCUT2D eigenvalue weighted by atomic mass is 35.5. The Bertz CT molecular complexity index is 1210. The second kappa shape index (κ2) is 12.6. The highest BCUT2D eigenvalue weighted by Gasteiger charge is 2.16. The fraction of sp³-hybridized carbons (Fsp3) is 0.160. The number of nitro groups is 1. The molecule has 34 heavy (non-hydrogen) atoms. The molecule has 0 atom stereocenters. The monoisotopic (exact) mass is 519 g/mol. The van der Waals surface area contributed by atoms with E-state index in [1.54, 1.807) is 30.0 Å². The number of rotatable bonds is 6. The molecule has 5 nitrogen and oxygen atoms in total. The minimum absolute atomic E-state index is 0. The Labute approximate surface area is 214 Å². The van der Waals surface area contributed by atoms with Gasteiger partial charge in [-0.2, -0.15) is 0 Å². The lowest BCUT2D eigenvalue weighted by Gasteiger charge is -2.18. The predicted molar refractivity (Wildman–Crippen MR) is 144 cm³/mol. The number of fused-ring (bicyclic) bond motifs is 1. The van der Waals surface area contributed by atoms with Crippen LogP contribution < -0.4 is 4.90 Å². The third-order valence-electron chi connectivity index (χ3n) is 5.23. The van der Waals surface area contributed by atoms with E-state index < -0.39 is 0 Å². The quantitative estimate of drug-likeness (QED) is 0.203. The zero-order valence-electron chi connectivity index (χ0n) is 18.4. The Balaban J connectivity index is 0.00000204. The van der Waals surface area contributed by atoms with E-state index in [-0.39, 0.29) is 41.2 Å². The second-order valence-corrected chi connectivity index (χ2v) is 8.45. The maximum absolute atomic E-state index is 13.8. The topological polar surface area (TPSA) is 58.7 Å². The van der Waals surface area contributed by atoms with Crippen LogP contribution in [-0.2, 0) is 5.75 Å². The number of halogens is 3. The van der Waals surface area contributed by atoms with Gasteiger partial charge in [-0.05, 0) is 41.5 Å². The lowest BCUT2D eigenvalue weighted by Crippen LogP contribution is -2.20. The standard InChI is InChI=1S/C25H22FN3O2S.2ClH/c1-28-14-13-27-23(22-10-8-20(26)16-24(22)28)11-7-19-15-21(29(30)31)9-12-25(19)32-17-18-5-3-2-4-6-18;;/h2-12,15-16H,13-14,17H2,1H3;2*1H/b11-7+;;. The van der Waals surface area contributed by atoms with Crippen molar-refractivity contribution >= 4 is 59.7 Å². The van der Waals surface area contributed by atoms with Crippen molar-refractivity contribution in [1.29, 1.82) is 0 Å². The minimum Gasteiger partial charge on any atom is -0.372 e. The normalized spacial score (nSPS) is 12.8. The van der Waals surface area contributed by atoms with Gasteiger partial charge in [0.05, 0.1) is 17.2 Å². The molecule has 0 fully saturated rings. The number of hydrogen-bond acceptors (Lipinski definition) is 5. The van der Waals surface area contributed by atoms with Gasteiger partial charge in [0.25, 0.3) is 5.69 Å². The summed E-state index contributed by atoms with van der Waals surface area (Å²) >= 11 is 1.63. The summed E-state index contributed by atoms with van der Waals surface area (Å²) in [6, 6.07) is 19.6. The minimum atomic E-state index is -0.390. The number of benzodiazepines with no additional fused rings is 1. The maximum Gasteiger partial charge on any atom is 0.270 e. The smallest absolute Gasteiger partial charge is 0.270 e. The SMILES string of the molecule is CN1CCN=C(/C=C/c2cc([N+](=O)[O-])ccc2SCc2ccccc2)c2ccc(F)cc21.Cl.Cl. The lowest BCUT2D eigenvalue weighted by atomic mass is 10.1. The molecule has 0 spiro atoms. The third kappa shape index (κ3) is 6.59. The Hall–Kier alpha value is -2.87. The van der Waals surface area contributed by atoms with Gasteiger partial charge >= 0.3 is 0 Å². The van der Waals surface area contributed by atoms with Gasteiger partial charge in [0, 0.05) is 47.6 Å². The first kappa shape index (κ1) is 27.4. The summed E-state index contributed by atoms with van der Waals surface area (Å²) < 4.78 is 13.8. The highest BCUT2D eigenvalue weighted by molar-refractivity contribution is 7.98. The molecule has 4 rings (SSSR count). The fourth-order valence-corrected chi connectivity index (χ4v) is 4.49. The van der Waals surface area contributed by atoms with Crippen molar-refractivity contribution in [3.8, 4) is 0 Å². The average molecular weight is 520 g/mol. The number of non-ortho nitro benzene ring substituents is 1. The summed E-state index contributed by atoms with van der Waals surface area (Å²) in [5.74, 6) is 0.465. The van der Waals surface area contributed by atoms with Gasteiger partial charge < -0.3 is 4.90 Å². The number of nitrogens with zero attached hydrogens (tertiary/aromatic N) is 3. The molecule has 0 saturated carbocycles. The largest absolute Gasteiger partial charge is 0.372 e. The summed E-state index contributed by atoms with van der Waals surface area (Å²) in [4.78, 5) is 18.5.